The number of aliphatic hydroxyl groups is 1. The van der Waals surface area contributed by atoms with Gasteiger partial charge in [-0.2, -0.15) is 0 Å². The topological polar surface area (TPSA) is 70.0 Å². The molecule has 0 aromatic heterocycles. The minimum atomic E-state index is -1.06. The minimum absolute atomic E-state index is 0.00690. The van der Waals surface area contributed by atoms with E-state index in [4.69, 9.17) is 16.3 Å². The Hall–Kier alpha value is -1.37. The van der Waals surface area contributed by atoms with Gasteiger partial charge in [0.25, 0.3) is 0 Å². The van der Waals surface area contributed by atoms with Crippen LogP contribution in [0.25, 0.3) is 0 Å². The highest BCUT2D eigenvalue weighted by molar-refractivity contribution is 6.30. The van der Waals surface area contributed by atoms with Gasteiger partial charge in [0.2, 0.25) is 0 Å². The van der Waals surface area contributed by atoms with Crippen molar-refractivity contribution in [3.8, 4) is 0 Å². The van der Waals surface area contributed by atoms with Crippen LogP contribution in [0.4, 0.5) is 9.18 Å². The first kappa shape index (κ1) is 19.0. The Balaban J connectivity index is 2.42. The first-order valence-electron chi connectivity index (χ1n) is 7.82. The number of hydrogen-bond acceptors (Lipinski definition) is 3. The molecule has 3 atom stereocenters. The Morgan fingerprint density at radius 1 is 1.42 bits per heavy atom. The highest BCUT2D eigenvalue weighted by Gasteiger charge is 2.39. The van der Waals surface area contributed by atoms with Crippen molar-refractivity contribution in [2.24, 2.45) is 11.3 Å². The molecule has 2 N–H and O–H groups in total. The number of amides is 1. The van der Waals surface area contributed by atoms with E-state index in [1.807, 2.05) is 20.8 Å². The van der Waals surface area contributed by atoms with Gasteiger partial charge in [-0.15, -0.1) is 0 Å². The summed E-state index contributed by atoms with van der Waals surface area (Å²) in [6.07, 6.45) is -2.07. The zero-order valence-corrected chi connectivity index (χ0v) is 14.8. The van der Waals surface area contributed by atoms with E-state index in [1.165, 1.54) is 17.0 Å². The summed E-state index contributed by atoms with van der Waals surface area (Å²) in [6.45, 7) is 5.91. The molecule has 7 heteroatoms. The van der Waals surface area contributed by atoms with Gasteiger partial charge in [0.05, 0.1) is 30.4 Å². The van der Waals surface area contributed by atoms with Gasteiger partial charge in [-0.1, -0.05) is 38.4 Å². The number of ether oxygens (including phenoxy) is 1. The molecular formula is C17H23ClFNO4. The molecule has 1 heterocycles. The summed E-state index contributed by atoms with van der Waals surface area (Å²) in [6, 6.07) is 4.37. The minimum Gasteiger partial charge on any atom is -0.465 e. The molecule has 1 aliphatic rings. The Bertz CT molecular complexity index is 605. The van der Waals surface area contributed by atoms with Crippen LogP contribution in [0.1, 0.15) is 32.4 Å². The Labute approximate surface area is 146 Å². The Morgan fingerprint density at radius 3 is 2.58 bits per heavy atom. The first-order valence-corrected chi connectivity index (χ1v) is 8.20. The van der Waals surface area contributed by atoms with E-state index in [1.54, 1.807) is 6.07 Å². The zero-order chi connectivity index (χ0) is 18.1. The molecule has 0 bridgehead atoms. The van der Waals surface area contributed by atoms with E-state index in [2.05, 4.69) is 0 Å². The maximum Gasteiger partial charge on any atom is 0.407 e. The molecule has 5 nitrogen and oxygen atoms in total. The molecule has 1 fully saturated rings. The number of benzene rings is 1. The van der Waals surface area contributed by atoms with Crippen molar-refractivity contribution < 1.29 is 24.1 Å². The summed E-state index contributed by atoms with van der Waals surface area (Å²) in [5, 5.41) is 19.2. The number of carbonyl (C=O) groups is 1. The second-order valence-electron chi connectivity index (χ2n) is 7.22. The van der Waals surface area contributed by atoms with E-state index < -0.39 is 30.0 Å². The molecule has 1 aromatic carbocycles. The third kappa shape index (κ3) is 4.18. The van der Waals surface area contributed by atoms with Crippen molar-refractivity contribution in [3.63, 3.8) is 0 Å². The van der Waals surface area contributed by atoms with Crippen LogP contribution in [0.15, 0.2) is 18.2 Å². The van der Waals surface area contributed by atoms with Crippen LogP contribution in [-0.2, 0) is 4.74 Å². The normalized spacial score (nSPS) is 25.4. The standard InChI is InChI=1S/C17H23ClFNO4/c1-17(2,3)14-8-20(16(22)23)7-11(9-21)15(24-14)10-4-5-12(18)13(19)6-10/h4-6,11,14-15,21H,7-9H2,1-3H3,(H,22,23)/t11-,14?,15+/m1/s1. The fraction of sp³-hybridized carbons (Fsp3) is 0.588. The lowest BCUT2D eigenvalue weighted by molar-refractivity contribution is -0.0828. The molecule has 1 aromatic rings. The van der Waals surface area contributed by atoms with Crippen molar-refractivity contribution in [2.45, 2.75) is 33.0 Å². The maximum atomic E-state index is 13.8. The summed E-state index contributed by atoms with van der Waals surface area (Å²) < 4.78 is 20.0. The quantitative estimate of drug-likeness (QED) is 0.847. The lowest BCUT2D eigenvalue weighted by Crippen LogP contribution is -2.42. The average molecular weight is 360 g/mol. The van der Waals surface area contributed by atoms with E-state index in [0.717, 1.165) is 0 Å². The van der Waals surface area contributed by atoms with Crippen LogP contribution in [0.5, 0.6) is 0 Å². The second-order valence-corrected chi connectivity index (χ2v) is 7.62. The number of nitrogens with zero attached hydrogens (tertiary/aromatic N) is 1. The van der Waals surface area contributed by atoms with Crippen LogP contribution in [0.3, 0.4) is 0 Å². The van der Waals surface area contributed by atoms with E-state index in [-0.39, 0.29) is 30.1 Å². The van der Waals surface area contributed by atoms with Gasteiger partial charge in [0, 0.05) is 12.5 Å². The smallest absolute Gasteiger partial charge is 0.407 e. The molecule has 0 radical (unpaired) electrons. The van der Waals surface area contributed by atoms with Crippen molar-refractivity contribution in [2.75, 3.05) is 19.7 Å². The van der Waals surface area contributed by atoms with E-state index in [0.29, 0.717) is 5.56 Å². The third-order valence-corrected chi connectivity index (χ3v) is 4.63. The molecule has 1 amide bonds. The summed E-state index contributed by atoms with van der Waals surface area (Å²) in [5.41, 5.74) is 0.221. The highest BCUT2D eigenvalue weighted by atomic mass is 35.5. The number of halogens is 2. The molecule has 0 spiro atoms. The number of hydrogen-bond donors (Lipinski definition) is 2. The average Bonchev–Trinajstić information content (AvgIpc) is 2.69. The number of rotatable bonds is 2. The summed E-state index contributed by atoms with van der Waals surface area (Å²) in [5.74, 6) is -1.06. The van der Waals surface area contributed by atoms with Crippen LogP contribution in [0.2, 0.25) is 5.02 Å². The molecule has 24 heavy (non-hydrogen) atoms. The van der Waals surface area contributed by atoms with Crippen molar-refractivity contribution in [1.82, 2.24) is 4.90 Å². The SMILES string of the molecule is CC(C)(C)C1CN(C(=O)O)C[C@H](CO)[C@H](c2ccc(Cl)c(F)c2)O1. The molecule has 1 unspecified atom stereocenters. The van der Waals surface area contributed by atoms with Crippen LogP contribution >= 0.6 is 11.6 Å². The molecule has 1 aliphatic heterocycles. The monoisotopic (exact) mass is 359 g/mol. The molecule has 1 saturated heterocycles. The maximum absolute atomic E-state index is 13.8. The summed E-state index contributed by atoms with van der Waals surface area (Å²) >= 11 is 5.74. The molecule has 134 valence electrons. The fourth-order valence-electron chi connectivity index (χ4n) is 2.81. The van der Waals surface area contributed by atoms with Crippen molar-refractivity contribution in [3.05, 3.63) is 34.6 Å². The third-order valence-electron chi connectivity index (χ3n) is 4.32. The fourth-order valence-corrected chi connectivity index (χ4v) is 2.93. The van der Waals surface area contributed by atoms with Gasteiger partial charge in [0.15, 0.2) is 0 Å². The van der Waals surface area contributed by atoms with E-state index in [9.17, 15) is 19.4 Å². The van der Waals surface area contributed by atoms with Gasteiger partial charge >= 0.3 is 6.09 Å². The summed E-state index contributed by atoms with van der Waals surface area (Å²) in [4.78, 5) is 12.7. The zero-order valence-electron chi connectivity index (χ0n) is 14.0. The summed E-state index contributed by atoms with van der Waals surface area (Å²) in [7, 11) is 0. The molecule has 0 saturated carbocycles. The largest absolute Gasteiger partial charge is 0.465 e. The molecular weight excluding hydrogens is 337 g/mol. The van der Waals surface area contributed by atoms with Crippen LogP contribution in [0, 0.1) is 17.2 Å². The predicted octanol–water partition coefficient (Wildman–Crippen LogP) is 3.55. The first-order chi connectivity index (χ1) is 11.1. The van der Waals surface area contributed by atoms with E-state index >= 15 is 0 Å². The Kier molecular flexibility index (Phi) is 5.73. The molecule has 0 aliphatic carbocycles. The lowest BCUT2D eigenvalue weighted by Gasteiger charge is -2.34. The van der Waals surface area contributed by atoms with Gasteiger partial charge in [-0.05, 0) is 23.1 Å². The predicted molar refractivity (Wildman–Crippen MR) is 88.7 cm³/mol. The lowest BCUT2D eigenvalue weighted by atomic mass is 9.88. The second kappa shape index (κ2) is 7.25. The highest BCUT2D eigenvalue weighted by Crippen LogP contribution is 2.37. The van der Waals surface area contributed by atoms with Crippen LogP contribution < -0.4 is 0 Å². The number of carboxylic acid groups (broad SMARTS) is 1. The van der Waals surface area contributed by atoms with Gasteiger partial charge < -0.3 is 19.8 Å². The number of aliphatic hydroxyl groups excluding tert-OH is 1. The van der Waals surface area contributed by atoms with Crippen LogP contribution in [-0.4, -0.2) is 47.0 Å². The van der Waals surface area contributed by atoms with Crippen molar-refractivity contribution >= 4 is 17.7 Å². The van der Waals surface area contributed by atoms with Gasteiger partial charge in [0.1, 0.15) is 5.82 Å². The van der Waals surface area contributed by atoms with Crippen molar-refractivity contribution in [1.29, 1.82) is 0 Å². The Morgan fingerprint density at radius 2 is 2.08 bits per heavy atom. The van der Waals surface area contributed by atoms with Gasteiger partial charge in [-0.25, -0.2) is 9.18 Å². The van der Waals surface area contributed by atoms with Gasteiger partial charge in [-0.3, -0.25) is 0 Å². The molecule has 2 rings (SSSR count).